The van der Waals surface area contributed by atoms with Gasteiger partial charge in [-0.25, -0.2) is 0 Å². The standard InChI is InChI=1S/C16H23N3/c1-3-13-8-4-5-9-14(13)12-18-16(17-2)19-15-10-6-7-11-15/h4-9,15H,3,10-12H2,1-2H3,(H2,17,18,19). The molecule has 3 nitrogen and oxygen atoms in total. The molecule has 1 aliphatic rings. The molecule has 0 radical (unpaired) electrons. The lowest BCUT2D eigenvalue weighted by molar-refractivity contribution is 0.632. The molecule has 3 heteroatoms. The maximum Gasteiger partial charge on any atom is 0.191 e. The Labute approximate surface area is 115 Å². The summed E-state index contributed by atoms with van der Waals surface area (Å²) < 4.78 is 0. The number of rotatable bonds is 4. The number of aryl methyl sites for hydroxylation is 1. The summed E-state index contributed by atoms with van der Waals surface area (Å²) in [5.41, 5.74) is 2.74. The van der Waals surface area contributed by atoms with Gasteiger partial charge < -0.3 is 10.6 Å². The first-order valence-corrected chi connectivity index (χ1v) is 7.02. The van der Waals surface area contributed by atoms with Gasteiger partial charge in [-0.3, -0.25) is 4.99 Å². The summed E-state index contributed by atoms with van der Waals surface area (Å²) in [5, 5.41) is 6.85. The first kappa shape index (κ1) is 13.7. The first-order chi connectivity index (χ1) is 9.33. The Morgan fingerprint density at radius 3 is 2.53 bits per heavy atom. The van der Waals surface area contributed by atoms with Crippen molar-refractivity contribution >= 4 is 5.96 Å². The van der Waals surface area contributed by atoms with Gasteiger partial charge in [-0.15, -0.1) is 0 Å². The summed E-state index contributed by atoms with van der Waals surface area (Å²) >= 11 is 0. The van der Waals surface area contributed by atoms with Crippen molar-refractivity contribution in [3.63, 3.8) is 0 Å². The molecule has 19 heavy (non-hydrogen) atoms. The molecule has 0 heterocycles. The highest BCUT2D eigenvalue weighted by Crippen LogP contribution is 2.10. The maximum atomic E-state index is 4.29. The van der Waals surface area contributed by atoms with Crippen LogP contribution in [-0.4, -0.2) is 19.0 Å². The van der Waals surface area contributed by atoms with Gasteiger partial charge in [0.2, 0.25) is 0 Å². The van der Waals surface area contributed by atoms with E-state index in [1.807, 2.05) is 7.05 Å². The second kappa shape index (κ2) is 6.98. The third-order valence-electron chi connectivity index (χ3n) is 3.52. The quantitative estimate of drug-likeness (QED) is 0.494. The van der Waals surface area contributed by atoms with Gasteiger partial charge in [0.15, 0.2) is 5.96 Å². The van der Waals surface area contributed by atoms with E-state index in [1.54, 1.807) is 0 Å². The van der Waals surface area contributed by atoms with Crippen molar-refractivity contribution in [2.75, 3.05) is 7.05 Å². The van der Waals surface area contributed by atoms with Crippen molar-refractivity contribution in [2.24, 2.45) is 4.99 Å². The van der Waals surface area contributed by atoms with Crippen LogP contribution in [0.15, 0.2) is 41.4 Å². The minimum absolute atomic E-state index is 0.493. The largest absolute Gasteiger partial charge is 0.353 e. The highest BCUT2D eigenvalue weighted by atomic mass is 15.2. The van der Waals surface area contributed by atoms with Gasteiger partial charge in [-0.1, -0.05) is 43.3 Å². The number of hydrogen-bond acceptors (Lipinski definition) is 1. The summed E-state index contributed by atoms with van der Waals surface area (Å²) in [6, 6.07) is 9.05. The molecule has 1 aromatic rings. The number of guanidine groups is 1. The van der Waals surface area contributed by atoms with Crippen LogP contribution in [0.3, 0.4) is 0 Å². The normalized spacial score (nSPS) is 15.8. The summed E-state index contributed by atoms with van der Waals surface area (Å²) in [6.07, 6.45) is 7.68. The zero-order valence-corrected chi connectivity index (χ0v) is 11.8. The molecule has 0 atom stereocenters. The number of nitrogens with zero attached hydrogens (tertiary/aromatic N) is 1. The molecule has 1 aliphatic carbocycles. The lowest BCUT2D eigenvalue weighted by Gasteiger charge is -2.17. The molecule has 0 spiro atoms. The average molecular weight is 257 g/mol. The zero-order valence-electron chi connectivity index (χ0n) is 11.8. The molecule has 0 bridgehead atoms. The molecule has 0 amide bonds. The topological polar surface area (TPSA) is 36.4 Å². The number of hydrogen-bond donors (Lipinski definition) is 2. The maximum absolute atomic E-state index is 4.29. The van der Waals surface area contributed by atoms with Crippen molar-refractivity contribution < 1.29 is 0 Å². The van der Waals surface area contributed by atoms with Gasteiger partial charge in [0.1, 0.15) is 0 Å². The minimum atomic E-state index is 0.493. The molecular formula is C16H23N3. The van der Waals surface area contributed by atoms with Crippen LogP contribution in [0.5, 0.6) is 0 Å². The van der Waals surface area contributed by atoms with Crippen molar-refractivity contribution in [1.82, 2.24) is 10.6 Å². The fraction of sp³-hybridized carbons (Fsp3) is 0.438. The number of nitrogens with one attached hydrogen (secondary N) is 2. The Morgan fingerprint density at radius 2 is 1.89 bits per heavy atom. The Morgan fingerprint density at radius 1 is 1.21 bits per heavy atom. The van der Waals surface area contributed by atoms with E-state index < -0.39 is 0 Å². The van der Waals surface area contributed by atoms with Crippen molar-refractivity contribution in [2.45, 2.75) is 38.8 Å². The first-order valence-electron chi connectivity index (χ1n) is 7.02. The molecule has 2 N–H and O–H groups in total. The summed E-state index contributed by atoms with van der Waals surface area (Å²) in [5.74, 6) is 0.889. The van der Waals surface area contributed by atoms with Gasteiger partial charge in [-0.2, -0.15) is 0 Å². The molecule has 2 rings (SSSR count). The molecule has 102 valence electrons. The van der Waals surface area contributed by atoms with Crippen molar-refractivity contribution in [1.29, 1.82) is 0 Å². The minimum Gasteiger partial charge on any atom is -0.353 e. The fourth-order valence-electron chi connectivity index (χ4n) is 2.38. The second-order valence-corrected chi connectivity index (χ2v) is 4.83. The van der Waals surface area contributed by atoms with Gasteiger partial charge in [0.25, 0.3) is 0 Å². The lowest BCUT2D eigenvalue weighted by Crippen LogP contribution is -2.42. The smallest absolute Gasteiger partial charge is 0.191 e. The molecule has 0 aliphatic heterocycles. The van der Waals surface area contributed by atoms with Crippen molar-refractivity contribution in [3.05, 3.63) is 47.5 Å². The molecule has 0 unspecified atom stereocenters. The van der Waals surface area contributed by atoms with Gasteiger partial charge >= 0.3 is 0 Å². The zero-order chi connectivity index (χ0) is 13.5. The Bertz CT molecular complexity index is 455. The predicted octanol–water partition coefficient (Wildman–Crippen LogP) is 2.63. The fourth-order valence-corrected chi connectivity index (χ4v) is 2.38. The van der Waals surface area contributed by atoms with E-state index in [2.05, 4.69) is 59.0 Å². The summed E-state index contributed by atoms with van der Waals surface area (Å²) in [6.45, 7) is 3.01. The number of benzene rings is 1. The third kappa shape index (κ3) is 3.85. The Balaban J connectivity index is 1.89. The van der Waals surface area contributed by atoms with Crippen LogP contribution < -0.4 is 10.6 Å². The Hall–Kier alpha value is -1.77. The van der Waals surface area contributed by atoms with Crippen LogP contribution >= 0.6 is 0 Å². The summed E-state index contributed by atoms with van der Waals surface area (Å²) in [7, 11) is 1.82. The predicted molar refractivity (Wildman–Crippen MR) is 81.3 cm³/mol. The monoisotopic (exact) mass is 257 g/mol. The van der Waals surface area contributed by atoms with E-state index >= 15 is 0 Å². The van der Waals surface area contributed by atoms with Crippen LogP contribution in [0.25, 0.3) is 0 Å². The van der Waals surface area contributed by atoms with E-state index in [9.17, 15) is 0 Å². The van der Waals surface area contributed by atoms with Crippen LogP contribution in [0.2, 0.25) is 0 Å². The van der Waals surface area contributed by atoms with Crippen LogP contribution in [-0.2, 0) is 13.0 Å². The molecule has 0 fully saturated rings. The van der Waals surface area contributed by atoms with E-state index in [0.29, 0.717) is 6.04 Å². The highest BCUT2D eigenvalue weighted by Gasteiger charge is 2.11. The van der Waals surface area contributed by atoms with Gasteiger partial charge in [0.05, 0.1) is 0 Å². The molecule has 1 aromatic carbocycles. The van der Waals surface area contributed by atoms with Crippen LogP contribution in [0.1, 0.15) is 30.9 Å². The third-order valence-corrected chi connectivity index (χ3v) is 3.52. The van der Waals surface area contributed by atoms with Gasteiger partial charge in [-0.05, 0) is 30.4 Å². The molecule has 0 aromatic heterocycles. The Kier molecular flexibility index (Phi) is 5.01. The average Bonchev–Trinajstić information content (AvgIpc) is 2.96. The van der Waals surface area contributed by atoms with E-state index in [0.717, 1.165) is 31.8 Å². The molecule has 0 saturated carbocycles. The van der Waals surface area contributed by atoms with Gasteiger partial charge in [0, 0.05) is 19.6 Å². The van der Waals surface area contributed by atoms with Crippen LogP contribution in [0.4, 0.5) is 0 Å². The SMILES string of the molecule is CCc1ccccc1CNC(=NC)NC1CC=CC1. The summed E-state index contributed by atoms with van der Waals surface area (Å²) in [4.78, 5) is 4.29. The highest BCUT2D eigenvalue weighted by molar-refractivity contribution is 5.80. The van der Waals surface area contributed by atoms with E-state index in [4.69, 9.17) is 0 Å². The molecular weight excluding hydrogens is 234 g/mol. The lowest BCUT2D eigenvalue weighted by atomic mass is 10.1. The van der Waals surface area contributed by atoms with E-state index in [-0.39, 0.29) is 0 Å². The molecule has 0 saturated heterocycles. The van der Waals surface area contributed by atoms with Crippen LogP contribution in [0, 0.1) is 0 Å². The number of aliphatic imine (C=N–C) groups is 1. The van der Waals surface area contributed by atoms with E-state index in [1.165, 1.54) is 11.1 Å². The van der Waals surface area contributed by atoms with Crippen molar-refractivity contribution in [3.8, 4) is 0 Å². The second-order valence-electron chi connectivity index (χ2n) is 4.83.